The van der Waals surface area contributed by atoms with E-state index in [0.29, 0.717) is 16.7 Å². The number of hydrogen-bond donors (Lipinski definition) is 3. The second-order valence-electron chi connectivity index (χ2n) is 5.41. The number of sulfonamides is 1. The summed E-state index contributed by atoms with van der Waals surface area (Å²) < 4.78 is 39.7. The van der Waals surface area contributed by atoms with Crippen molar-refractivity contribution in [2.45, 2.75) is 15.5 Å². The molecule has 0 radical (unpaired) electrons. The summed E-state index contributed by atoms with van der Waals surface area (Å²) in [5.74, 6) is 1.29. The first kappa shape index (κ1) is 25.1. The lowest BCUT2D eigenvalue weighted by molar-refractivity contribution is 0.582. The molecular formula is C17H24FIN4O2S3. The van der Waals surface area contributed by atoms with Crippen molar-refractivity contribution >= 4 is 63.1 Å². The molecule has 0 amide bonds. The van der Waals surface area contributed by atoms with E-state index in [9.17, 15) is 12.8 Å². The minimum atomic E-state index is -3.43. The maximum atomic E-state index is 12.8. The largest absolute Gasteiger partial charge is 0.356 e. The molecule has 0 unspecified atom stereocenters. The van der Waals surface area contributed by atoms with Crippen LogP contribution in [0.4, 0.5) is 4.39 Å². The number of hydrogen-bond acceptors (Lipinski definition) is 5. The Hall–Kier alpha value is -0.890. The second kappa shape index (κ2) is 13.4. The molecule has 1 aromatic heterocycles. The van der Waals surface area contributed by atoms with Gasteiger partial charge >= 0.3 is 0 Å². The van der Waals surface area contributed by atoms with Gasteiger partial charge in [-0.25, -0.2) is 17.5 Å². The van der Waals surface area contributed by atoms with Gasteiger partial charge in [0, 0.05) is 31.6 Å². The molecule has 0 aliphatic rings. The summed E-state index contributed by atoms with van der Waals surface area (Å²) in [4.78, 5) is 5.15. The minimum absolute atomic E-state index is 0. The van der Waals surface area contributed by atoms with E-state index in [1.165, 1.54) is 23.5 Å². The van der Waals surface area contributed by atoms with Gasteiger partial charge in [0.25, 0.3) is 0 Å². The van der Waals surface area contributed by atoms with E-state index in [2.05, 4.69) is 20.3 Å². The molecular weight excluding hydrogens is 534 g/mol. The average Bonchev–Trinajstić information content (AvgIpc) is 3.20. The van der Waals surface area contributed by atoms with Crippen LogP contribution in [0.1, 0.15) is 6.42 Å². The van der Waals surface area contributed by atoms with Crippen molar-refractivity contribution in [2.75, 3.05) is 32.4 Å². The first-order valence-corrected chi connectivity index (χ1v) is 11.7. The molecule has 1 aromatic carbocycles. The Labute approximate surface area is 190 Å². The third-order valence-electron chi connectivity index (χ3n) is 3.39. The van der Waals surface area contributed by atoms with Crippen molar-refractivity contribution in [1.29, 1.82) is 0 Å². The van der Waals surface area contributed by atoms with Crippen LogP contribution in [0.15, 0.2) is 55.9 Å². The predicted molar refractivity (Wildman–Crippen MR) is 126 cm³/mol. The van der Waals surface area contributed by atoms with Crippen molar-refractivity contribution in [2.24, 2.45) is 4.99 Å². The van der Waals surface area contributed by atoms with Gasteiger partial charge in [-0.15, -0.1) is 47.1 Å². The molecule has 0 aliphatic heterocycles. The van der Waals surface area contributed by atoms with Crippen LogP contribution in [0, 0.1) is 5.82 Å². The lowest BCUT2D eigenvalue weighted by Crippen LogP contribution is -2.41. The number of guanidine groups is 1. The molecule has 0 bridgehead atoms. The highest BCUT2D eigenvalue weighted by Gasteiger charge is 2.13. The predicted octanol–water partition coefficient (Wildman–Crippen LogP) is 3.13. The topological polar surface area (TPSA) is 82.6 Å². The molecule has 0 atom stereocenters. The van der Waals surface area contributed by atoms with Crippen LogP contribution < -0.4 is 15.4 Å². The fourth-order valence-electron chi connectivity index (χ4n) is 2.07. The van der Waals surface area contributed by atoms with Crippen molar-refractivity contribution in [3.05, 3.63) is 47.6 Å². The molecule has 156 valence electrons. The summed E-state index contributed by atoms with van der Waals surface area (Å²) >= 11 is 2.85. The zero-order valence-corrected chi connectivity index (χ0v) is 20.1. The molecule has 0 saturated heterocycles. The Kier molecular flexibility index (Phi) is 12.0. The summed E-state index contributed by atoms with van der Waals surface area (Å²) in [6.45, 7) is 1.42. The van der Waals surface area contributed by atoms with E-state index in [1.54, 1.807) is 48.5 Å². The number of thiophene rings is 1. The standard InChI is InChI=1S/C17H23FN4O2S3.HI/c1-19-17(20-9-3-13-25-15-7-5-14(18)6-8-15)21-10-11-22-27(23,24)16-4-2-12-26-16;/h2,4-8,12,22H,3,9-11,13H2,1H3,(H2,19,20,21);1H. The van der Waals surface area contributed by atoms with Gasteiger partial charge in [0.2, 0.25) is 10.0 Å². The van der Waals surface area contributed by atoms with Crippen molar-refractivity contribution in [3.63, 3.8) is 0 Å². The van der Waals surface area contributed by atoms with Gasteiger partial charge in [0.05, 0.1) is 0 Å². The smallest absolute Gasteiger partial charge is 0.250 e. The van der Waals surface area contributed by atoms with E-state index in [0.717, 1.165) is 23.6 Å². The van der Waals surface area contributed by atoms with Crippen LogP contribution in [-0.2, 0) is 10.0 Å². The van der Waals surface area contributed by atoms with Gasteiger partial charge < -0.3 is 10.6 Å². The van der Waals surface area contributed by atoms with E-state index < -0.39 is 10.0 Å². The van der Waals surface area contributed by atoms with E-state index in [4.69, 9.17) is 0 Å². The number of rotatable bonds is 10. The van der Waals surface area contributed by atoms with Gasteiger partial charge in [-0.1, -0.05) is 6.07 Å². The van der Waals surface area contributed by atoms with Crippen molar-refractivity contribution < 1.29 is 12.8 Å². The molecule has 11 heteroatoms. The first-order valence-electron chi connectivity index (χ1n) is 8.37. The monoisotopic (exact) mass is 558 g/mol. The second-order valence-corrected chi connectivity index (χ2v) is 9.52. The molecule has 3 N–H and O–H groups in total. The molecule has 0 saturated carbocycles. The summed E-state index contributed by atoms with van der Waals surface area (Å²) in [5.41, 5.74) is 0. The zero-order valence-electron chi connectivity index (χ0n) is 15.4. The molecule has 2 aromatic rings. The molecule has 0 aliphatic carbocycles. The molecule has 2 rings (SSSR count). The Morgan fingerprint density at radius 1 is 1.14 bits per heavy atom. The fourth-order valence-corrected chi connectivity index (χ4v) is 5.00. The Morgan fingerprint density at radius 2 is 1.86 bits per heavy atom. The number of nitrogens with zero attached hydrogens (tertiary/aromatic N) is 1. The van der Waals surface area contributed by atoms with Crippen LogP contribution in [0.5, 0.6) is 0 Å². The lowest BCUT2D eigenvalue weighted by Gasteiger charge is -2.12. The lowest BCUT2D eigenvalue weighted by atomic mass is 10.4. The summed E-state index contributed by atoms with van der Waals surface area (Å²) in [5, 5.41) is 7.98. The summed E-state index contributed by atoms with van der Waals surface area (Å²) in [7, 11) is -1.77. The number of benzene rings is 1. The van der Waals surface area contributed by atoms with Crippen LogP contribution >= 0.6 is 47.1 Å². The van der Waals surface area contributed by atoms with Gasteiger partial charge in [-0.05, 0) is 47.9 Å². The van der Waals surface area contributed by atoms with Gasteiger partial charge in [0.1, 0.15) is 10.0 Å². The van der Waals surface area contributed by atoms with Crippen molar-refractivity contribution in [3.8, 4) is 0 Å². The van der Waals surface area contributed by atoms with Crippen LogP contribution in [0.2, 0.25) is 0 Å². The Morgan fingerprint density at radius 3 is 2.50 bits per heavy atom. The highest BCUT2D eigenvalue weighted by Crippen LogP contribution is 2.18. The number of halogens is 2. The Bertz CT molecular complexity index is 815. The number of thioether (sulfide) groups is 1. The normalized spacial score (nSPS) is 11.7. The molecule has 0 fully saturated rings. The molecule has 1 heterocycles. The quantitative estimate of drug-likeness (QED) is 0.137. The fraction of sp³-hybridized carbons (Fsp3) is 0.353. The van der Waals surface area contributed by atoms with Gasteiger partial charge in [-0.2, -0.15) is 0 Å². The highest BCUT2D eigenvalue weighted by molar-refractivity contribution is 14.0. The Balaban J connectivity index is 0.00000392. The van der Waals surface area contributed by atoms with Crippen LogP contribution in [-0.4, -0.2) is 46.8 Å². The summed E-state index contributed by atoms with van der Waals surface area (Å²) in [6, 6.07) is 9.73. The number of aliphatic imine (C=N–C) groups is 1. The third kappa shape index (κ3) is 9.07. The SMILES string of the molecule is CN=C(NCCCSc1ccc(F)cc1)NCCNS(=O)(=O)c1cccs1.I. The maximum Gasteiger partial charge on any atom is 0.250 e. The molecule has 0 spiro atoms. The maximum absolute atomic E-state index is 12.8. The first-order chi connectivity index (χ1) is 13.0. The van der Waals surface area contributed by atoms with Gasteiger partial charge in [0.15, 0.2) is 5.96 Å². The zero-order chi connectivity index (χ0) is 19.5. The third-order valence-corrected chi connectivity index (χ3v) is 7.35. The van der Waals surface area contributed by atoms with E-state index >= 15 is 0 Å². The van der Waals surface area contributed by atoms with Crippen molar-refractivity contribution in [1.82, 2.24) is 15.4 Å². The summed E-state index contributed by atoms with van der Waals surface area (Å²) in [6.07, 6.45) is 0.910. The highest BCUT2D eigenvalue weighted by atomic mass is 127. The van der Waals surface area contributed by atoms with Gasteiger partial charge in [-0.3, -0.25) is 4.99 Å². The van der Waals surface area contributed by atoms with Crippen LogP contribution in [0.25, 0.3) is 0 Å². The molecule has 6 nitrogen and oxygen atoms in total. The average molecular weight is 559 g/mol. The van der Waals surface area contributed by atoms with E-state index in [-0.39, 0.29) is 36.3 Å². The minimum Gasteiger partial charge on any atom is -0.356 e. The van der Waals surface area contributed by atoms with E-state index in [1.807, 2.05) is 0 Å². The number of nitrogens with one attached hydrogen (secondary N) is 3. The molecule has 28 heavy (non-hydrogen) atoms. The van der Waals surface area contributed by atoms with Crippen LogP contribution in [0.3, 0.4) is 0 Å².